The van der Waals surface area contributed by atoms with Crippen LogP contribution in [0, 0.1) is 0 Å². The van der Waals surface area contributed by atoms with Crippen molar-refractivity contribution in [2.45, 2.75) is 26.2 Å². The van der Waals surface area contributed by atoms with E-state index in [-0.39, 0.29) is 0 Å². The van der Waals surface area contributed by atoms with Crippen molar-refractivity contribution < 1.29 is 4.79 Å². The second-order valence-electron chi connectivity index (χ2n) is 5.01. The van der Waals surface area contributed by atoms with Crippen LogP contribution >= 0.6 is 0 Å². The van der Waals surface area contributed by atoms with Gasteiger partial charge in [0.2, 0.25) is 0 Å². The number of carbonyl (C=O) groups is 1. The predicted molar refractivity (Wildman–Crippen MR) is 78.9 cm³/mol. The van der Waals surface area contributed by atoms with E-state index < -0.39 is 0 Å². The van der Waals surface area contributed by atoms with Gasteiger partial charge in [-0.05, 0) is 30.4 Å². The lowest BCUT2D eigenvalue weighted by Crippen LogP contribution is -2.20. The first-order valence-electron chi connectivity index (χ1n) is 6.87. The van der Waals surface area contributed by atoms with Gasteiger partial charge in [0.05, 0.1) is 0 Å². The van der Waals surface area contributed by atoms with Crippen molar-refractivity contribution in [2.75, 3.05) is 13.1 Å². The van der Waals surface area contributed by atoms with Crippen molar-refractivity contribution in [3.8, 4) is 0 Å². The van der Waals surface area contributed by atoms with Crippen molar-refractivity contribution in [1.82, 2.24) is 4.90 Å². The van der Waals surface area contributed by atoms with Gasteiger partial charge in [0, 0.05) is 24.4 Å². The lowest BCUT2D eigenvalue weighted by atomic mass is 10.1. The van der Waals surface area contributed by atoms with E-state index >= 15 is 0 Å². The van der Waals surface area contributed by atoms with Crippen LogP contribution in [0.4, 0.5) is 0 Å². The zero-order valence-corrected chi connectivity index (χ0v) is 11.6. The van der Waals surface area contributed by atoms with Crippen molar-refractivity contribution in [3.63, 3.8) is 0 Å². The first-order chi connectivity index (χ1) is 9.24. The maximum absolute atomic E-state index is 11.0. The number of benzene rings is 1. The molecule has 100 valence electrons. The van der Waals surface area contributed by atoms with Crippen molar-refractivity contribution in [2.24, 2.45) is 0 Å². The molecule has 0 radical (unpaired) electrons. The molecule has 0 bridgehead atoms. The number of hydrogen-bond acceptors (Lipinski definition) is 2. The summed E-state index contributed by atoms with van der Waals surface area (Å²) in [5, 5.41) is 0. The van der Waals surface area contributed by atoms with Gasteiger partial charge in [-0.15, -0.1) is 0 Å². The molecule has 2 heteroatoms. The van der Waals surface area contributed by atoms with Gasteiger partial charge >= 0.3 is 0 Å². The maximum Gasteiger partial charge on any atom is 0.147 e. The summed E-state index contributed by atoms with van der Waals surface area (Å²) >= 11 is 0. The molecule has 0 spiro atoms. The minimum absolute atomic E-state index is 0.736. The van der Waals surface area contributed by atoms with E-state index in [9.17, 15) is 4.79 Å². The Morgan fingerprint density at radius 3 is 2.63 bits per heavy atom. The highest BCUT2D eigenvalue weighted by Gasteiger charge is 2.20. The molecule has 1 aromatic carbocycles. The highest BCUT2D eigenvalue weighted by molar-refractivity contribution is 5.76. The maximum atomic E-state index is 11.0. The second kappa shape index (κ2) is 6.37. The summed E-state index contributed by atoms with van der Waals surface area (Å²) < 4.78 is 0. The van der Waals surface area contributed by atoms with E-state index in [4.69, 9.17) is 0 Å². The average Bonchev–Trinajstić information content (AvgIpc) is 2.89. The van der Waals surface area contributed by atoms with Crippen LogP contribution in [0.3, 0.4) is 0 Å². The Labute approximate surface area is 115 Å². The van der Waals surface area contributed by atoms with Crippen LogP contribution in [-0.4, -0.2) is 24.3 Å². The molecule has 1 aromatic rings. The third-order valence-electron chi connectivity index (χ3n) is 3.76. The minimum Gasteiger partial charge on any atom is -0.367 e. The SMILES string of the molecule is C=C(CCc1ccccc1)N1CC(C=O)=C(CC)C1. The predicted octanol–water partition coefficient (Wildman–Crippen LogP) is 3.35. The third kappa shape index (κ3) is 3.34. The molecule has 0 amide bonds. The highest BCUT2D eigenvalue weighted by Crippen LogP contribution is 2.23. The molecule has 0 unspecified atom stereocenters. The monoisotopic (exact) mass is 255 g/mol. The Bertz CT molecular complexity index is 487. The number of rotatable bonds is 6. The van der Waals surface area contributed by atoms with Crippen molar-refractivity contribution in [1.29, 1.82) is 0 Å². The fourth-order valence-electron chi connectivity index (χ4n) is 2.48. The molecule has 1 aliphatic rings. The van der Waals surface area contributed by atoms with E-state index in [0.29, 0.717) is 0 Å². The van der Waals surface area contributed by atoms with Crippen LogP contribution in [0.2, 0.25) is 0 Å². The summed E-state index contributed by atoms with van der Waals surface area (Å²) in [7, 11) is 0. The van der Waals surface area contributed by atoms with Crippen LogP contribution in [0.1, 0.15) is 25.3 Å². The molecular weight excluding hydrogens is 234 g/mol. The summed E-state index contributed by atoms with van der Waals surface area (Å²) in [6, 6.07) is 10.4. The van der Waals surface area contributed by atoms with E-state index in [2.05, 4.69) is 42.7 Å². The number of hydrogen-bond donors (Lipinski definition) is 0. The van der Waals surface area contributed by atoms with Crippen LogP contribution in [-0.2, 0) is 11.2 Å². The third-order valence-corrected chi connectivity index (χ3v) is 3.76. The molecule has 0 aromatic heterocycles. The molecule has 0 saturated carbocycles. The fraction of sp³-hybridized carbons (Fsp3) is 0.353. The van der Waals surface area contributed by atoms with Gasteiger partial charge in [-0.3, -0.25) is 4.79 Å². The van der Waals surface area contributed by atoms with Crippen LogP contribution in [0.5, 0.6) is 0 Å². The second-order valence-corrected chi connectivity index (χ2v) is 5.01. The summed E-state index contributed by atoms with van der Waals surface area (Å²) in [6.45, 7) is 7.89. The number of nitrogens with zero attached hydrogens (tertiary/aromatic N) is 1. The van der Waals surface area contributed by atoms with Gasteiger partial charge in [0.1, 0.15) is 6.29 Å². The van der Waals surface area contributed by atoms with E-state index in [1.807, 2.05) is 6.07 Å². The summed E-state index contributed by atoms with van der Waals surface area (Å²) in [6.07, 6.45) is 3.92. The lowest BCUT2D eigenvalue weighted by Gasteiger charge is -2.21. The van der Waals surface area contributed by atoms with Crippen LogP contribution < -0.4 is 0 Å². The summed E-state index contributed by atoms with van der Waals surface area (Å²) in [4.78, 5) is 13.2. The van der Waals surface area contributed by atoms with Crippen molar-refractivity contribution in [3.05, 3.63) is 59.3 Å². The molecule has 0 fully saturated rings. The normalized spacial score (nSPS) is 14.9. The molecule has 0 atom stereocenters. The minimum atomic E-state index is 0.736. The van der Waals surface area contributed by atoms with Gasteiger partial charge in [0.25, 0.3) is 0 Å². The first-order valence-corrected chi connectivity index (χ1v) is 6.87. The van der Waals surface area contributed by atoms with Gasteiger partial charge < -0.3 is 4.90 Å². The number of allylic oxidation sites excluding steroid dienone is 1. The van der Waals surface area contributed by atoms with Crippen molar-refractivity contribution >= 4 is 6.29 Å². The molecule has 2 nitrogen and oxygen atoms in total. The highest BCUT2D eigenvalue weighted by atomic mass is 16.1. The van der Waals surface area contributed by atoms with Gasteiger partial charge in [-0.25, -0.2) is 0 Å². The number of carbonyl (C=O) groups excluding carboxylic acids is 1. The molecule has 2 rings (SSSR count). The molecule has 0 aliphatic carbocycles. The average molecular weight is 255 g/mol. The summed E-state index contributed by atoms with van der Waals surface area (Å²) in [5.41, 5.74) is 4.67. The molecule has 0 N–H and O–H groups in total. The Morgan fingerprint density at radius 1 is 1.32 bits per heavy atom. The van der Waals surface area contributed by atoms with Crippen LogP contribution in [0.25, 0.3) is 0 Å². The first kappa shape index (κ1) is 13.6. The quantitative estimate of drug-likeness (QED) is 0.726. The number of aldehydes is 1. The largest absolute Gasteiger partial charge is 0.367 e. The molecule has 1 heterocycles. The molecule has 19 heavy (non-hydrogen) atoms. The van der Waals surface area contributed by atoms with Gasteiger partial charge in [-0.1, -0.05) is 43.8 Å². The smallest absolute Gasteiger partial charge is 0.147 e. The van der Waals surface area contributed by atoms with E-state index in [1.165, 1.54) is 11.1 Å². The summed E-state index contributed by atoms with van der Waals surface area (Å²) in [5.74, 6) is 0. The van der Waals surface area contributed by atoms with E-state index in [1.54, 1.807) is 0 Å². The zero-order chi connectivity index (χ0) is 13.7. The van der Waals surface area contributed by atoms with Gasteiger partial charge in [0.15, 0.2) is 0 Å². The Hall–Kier alpha value is -1.83. The molecule has 0 saturated heterocycles. The molecular formula is C17H21NO. The van der Waals surface area contributed by atoms with Gasteiger partial charge in [-0.2, -0.15) is 0 Å². The molecule has 1 aliphatic heterocycles. The van der Waals surface area contributed by atoms with Crippen LogP contribution in [0.15, 0.2) is 53.8 Å². The fourth-order valence-corrected chi connectivity index (χ4v) is 2.48. The Balaban J connectivity index is 1.88. The topological polar surface area (TPSA) is 20.3 Å². The Kier molecular flexibility index (Phi) is 4.56. The standard InChI is InChI=1S/C17H21NO/c1-3-16-11-18(12-17(16)13-19)14(2)9-10-15-7-5-4-6-8-15/h4-8,13H,2-3,9-12H2,1H3. The van der Waals surface area contributed by atoms with E-state index in [0.717, 1.165) is 49.9 Å². The lowest BCUT2D eigenvalue weighted by molar-refractivity contribution is -0.105. The Morgan fingerprint density at radius 2 is 2.05 bits per heavy atom. The number of aryl methyl sites for hydroxylation is 1. The zero-order valence-electron chi connectivity index (χ0n) is 11.6.